The van der Waals surface area contributed by atoms with E-state index in [9.17, 15) is 4.39 Å². The third-order valence-electron chi connectivity index (χ3n) is 4.83. The number of benzene rings is 2. The van der Waals surface area contributed by atoms with Gasteiger partial charge in [0.1, 0.15) is 5.82 Å². The summed E-state index contributed by atoms with van der Waals surface area (Å²) >= 11 is 0. The topological polar surface area (TPSA) is 24.9 Å². The monoisotopic (exact) mass is 402 g/mol. The Labute approximate surface area is 179 Å². The van der Waals surface area contributed by atoms with Crippen LogP contribution in [0.4, 0.5) is 4.39 Å². The van der Waals surface area contributed by atoms with E-state index in [1.807, 2.05) is 18.2 Å². The normalized spacial score (nSPS) is 13.0. The van der Waals surface area contributed by atoms with Gasteiger partial charge in [-0.25, -0.2) is 4.39 Å². The first-order valence-electron chi connectivity index (χ1n) is 10.7. The molecule has 3 heteroatoms. The van der Waals surface area contributed by atoms with Crippen molar-refractivity contribution in [1.82, 2.24) is 10.3 Å². The number of hydrogen-bond acceptors (Lipinski definition) is 2. The minimum absolute atomic E-state index is 0.0599. The van der Waals surface area contributed by atoms with Crippen LogP contribution in [0.3, 0.4) is 0 Å². The van der Waals surface area contributed by atoms with Gasteiger partial charge in [-0.15, -0.1) is 0 Å². The third kappa shape index (κ3) is 6.03. The molecule has 0 saturated heterocycles. The zero-order valence-electron chi connectivity index (χ0n) is 18.3. The highest BCUT2D eigenvalue weighted by Gasteiger charge is 2.18. The zero-order valence-corrected chi connectivity index (χ0v) is 18.3. The van der Waals surface area contributed by atoms with Crippen LogP contribution in [0.15, 0.2) is 84.6 Å². The molecule has 0 bridgehead atoms. The Bertz CT molecular complexity index is 960. The standard InChI is InChI=1S/C27H31FN2/c1-19(2)17-24(18-20(3)4)29-27(22-9-6-5-7-10-22)26-12-8-11-25(30-26)21-13-15-23(28)16-14-21/h5-17,19-20,27,29H,18H2,1-4H3/b24-17-. The number of halogens is 1. The van der Waals surface area contributed by atoms with Crippen molar-refractivity contribution in [3.63, 3.8) is 0 Å². The quantitative estimate of drug-likeness (QED) is 0.433. The summed E-state index contributed by atoms with van der Waals surface area (Å²) in [6, 6.07) is 22.9. The number of pyridine rings is 1. The number of nitrogens with one attached hydrogen (secondary N) is 1. The number of hydrogen-bond donors (Lipinski definition) is 1. The Hall–Kier alpha value is -2.94. The van der Waals surface area contributed by atoms with Gasteiger partial charge in [-0.3, -0.25) is 4.98 Å². The Morgan fingerprint density at radius 1 is 0.900 bits per heavy atom. The van der Waals surface area contributed by atoms with Gasteiger partial charge in [0.25, 0.3) is 0 Å². The van der Waals surface area contributed by atoms with E-state index in [1.165, 1.54) is 23.4 Å². The zero-order chi connectivity index (χ0) is 21.5. The van der Waals surface area contributed by atoms with Crippen molar-refractivity contribution in [3.8, 4) is 11.3 Å². The van der Waals surface area contributed by atoms with Crippen LogP contribution in [0.1, 0.15) is 51.4 Å². The van der Waals surface area contributed by atoms with E-state index in [1.54, 1.807) is 12.1 Å². The molecule has 0 aliphatic carbocycles. The third-order valence-corrected chi connectivity index (χ3v) is 4.83. The average Bonchev–Trinajstić information content (AvgIpc) is 2.72. The number of allylic oxidation sites excluding steroid dienone is 2. The maximum absolute atomic E-state index is 13.3. The summed E-state index contributed by atoms with van der Waals surface area (Å²) in [5, 5.41) is 3.78. The second kappa shape index (κ2) is 10.2. The van der Waals surface area contributed by atoms with E-state index in [0.717, 1.165) is 23.4 Å². The van der Waals surface area contributed by atoms with Crippen LogP contribution in [0.2, 0.25) is 0 Å². The summed E-state index contributed by atoms with van der Waals surface area (Å²) < 4.78 is 13.3. The van der Waals surface area contributed by atoms with E-state index < -0.39 is 0 Å². The molecule has 3 rings (SSSR count). The first kappa shape index (κ1) is 21.8. The second-order valence-electron chi connectivity index (χ2n) is 8.48. The van der Waals surface area contributed by atoms with Crippen LogP contribution in [-0.4, -0.2) is 4.98 Å². The Balaban J connectivity index is 2.01. The molecule has 1 atom stereocenters. The Morgan fingerprint density at radius 3 is 2.23 bits per heavy atom. The Kier molecular flexibility index (Phi) is 7.40. The van der Waals surface area contributed by atoms with Crippen molar-refractivity contribution in [2.45, 2.75) is 40.2 Å². The van der Waals surface area contributed by atoms with Gasteiger partial charge in [0.2, 0.25) is 0 Å². The highest BCUT2D eigenvalue weighted by Crippen LogP contribution is 2.26. The van der Waals surface area contributed by atoms with Crippen molar-refractivity contribution in [2.75, 3.05) is 0 Å². The number of aromatic nitrogens is 1. The maximum Gasteiger partial charge on any atom is 0.123 e. The lowest BCUT2D eigenvalue weighted by molar-refractivity contribution is 0.562. The maximum atomic E-state index is 13.3. The van der Waals surface area contributed by atoms with Gasteiger partial charge in [-0.05, 0) is 60.2 Å². The van der Waals surface area contributed by atoms with Gasteiger partial charge in [0.15, 0.2) is 0 Å². The summed E-state index contributed by atoms with van der Waals surface area (Å²) in [4.78, 5) is 4.95. The average molecular weight is 403 g/mol. The second-order valence-corrected chi connectivity index (χ2v) is 8.48. The molecule has 1 aromatic heterocycles. The van der Waals surface area contributed by atoms with E-state index in [0.29, 0.717) is 11.8 Å². The van der Waals surface area contributed by atoms with Crippen LogP contribution in [0.25, 0.3) is 11.3 Å². The lowest BCUT2D eigenvalue weighted by Crippen LogP contribution is -2.24. The molecule has 0 spiro atoms. The minimum Gasteiger partial charge on any atom is -0.376 e. The van der Waals surface area contributed by atoms with E-state index in [-0.39, 0.29) is 11.9 Å². The molecule has 0 saturated carbocycles. The van der Waals surface area contributed by atoms with Crippen molar-refractivity contribution >= 4 is 0 Å². The summed E-state index contributed by atoms with van der Waals surface area (Å²) in [6.07, 6.45) is 3.29. The van der Waals surface area contributed by atoms with Crippen molar-refractivity contribution in [2.24, 2.45) is 11.8 Å². The van der Waals surface area contributed by atoms with Gasteiger partial charge in [0.05, 0.1) is 17.4 Å². The molecule has 2 nitrogen and oxygen atoms in total. The first-order valence-corrected chi connectivity index (χ1v) is 10.7. The van der Waals surface area contributed by atoms with E-state index in [2.05, 4.69) is 69.4 Å². The van der Waals surface area contributed by atoms with Crippen molar-refractivity contribution in [1.29, 1.82) is 0 Å². The highest BCUT2D eigenvalue weighted by atomic mass is 19.1. The van der Waals surface area contributed by atoms with Gasteiger partial charge in [-0.2, -0.15) is 0 Å². The highest BCUT2D eigenvalue weighted by molar-refractivity contribution is 5.59. The molecule has 0 radical (unpaired) electrons. The number of nitrogens with zero attached hydrogens (tertiary/aromatic N) is 1. The van der Waals surface area contributed by atoms with Crippen molar-refractivity contribution in [3.05, 3.63) is 102 Å². The number of rotatable bonds is 8. The van der Waals surface area contributed by atoms with E-state index in [4.69, 9.17) is 4.98 Å². The molecule has 1 N–H and O–H groups in total. The summed E-state index contributed by atoms with van der Waals surface area (Å²) in [6.45, 7) is 8.88. The van der Waals surface area contributed by atoms with E-state index >= 15 is 0 Å². The van der Waals surface area contributed by atoms with Gasteiger partial charge >= 0.3 is 0 Å². The van der Waals surface area contributed by atoms with Gasteiger partial charge < -0.3 is 5.32 Å². The SMILES string of the molecule is CC(C)/C=C(/CC(C)C)NC(c1ccccc1)c1cccc(-c2ccc(F)cc2)n1. The van der Waals surface area contributed by atoms with Crippen LogP contribution in [-0.2, 0) is 0 Å². The molecule has 3 aromatic rings. The largest absolute Gasteiger partial charge is 0.376 e. The van der Waals surface area contributed by atoms with Crippen LogP contribution in [0, 0.1) is 17.7 Å². The molecule has 0 aliphatic rings. The molecular weight excluding hydrogens is 371 g/mol. The molecule has 156 valence electrons. The van der Waals surface area contributed by atoms with Crippen LogP contribution in [0.5, 0.6) is 0 Å². The molecule has 0 fully saturated rings. The Morgan fingerprint density at radius 2 is 1.60 bits per heavy atom. The predicted octanol–water partition coefficient (Wildman–Crippen LogP) is 7.15. The minimum atomic E-state index is -0.240. The summed E-state index contributed by atoms with van der Waals surface area (Å²) in [7, 11) is 0. The summed E-state index contributed by atoms with van der Waals surface area (Å²) in [5.41, 5.74) is 5.10. The fraction of sp³-hybridized carbons (Fsp3) is 0.296. The molecular formula is C27H31FN2. The van der Waals surface area contributed by atoms with Gasteiger partial charge in [0, 0.05) is 11.3 Å². The predicted molar refractivity (Wildman–Crippen MR) is 123 cm³/mol. The molecule has 1 unspecified atom stereocenters. The first-order chi connectivity index (χ1) is 14.4. The lowest BCUT2D eigenvalue weighted by atomic mass is 9.99. The fourth-order valence-electron chi connectivity index (χ4n) is 3.57. The van der Waals surface area contributed by atoms with Crippen LogP contribution < -0.4 is 5.32 Å². The molecule has 1 heterocycles. The van der Waals surface area contributed by atoms with Crippen LogP contribution >= 0.6 is 0 Å². The lowest BCUT2D eigenvalue weighted by Gasteiger charge is -2.24. The summed E-state index contributed by atoms with van der Waals surface area (Å²) in [5.74, 6) is 0.773. The molecule has 2 aromatic carbocycles. The fourth-order valence-corrected chi connectivity index (χ4v) is 3.57. The molecule has 0 aliphatic heterocycles. The van der Waals surface area contributed by atoms with Gasteiger partial charge in [-0.1, -0.05) is 70.2 Å². The van der Waals surface area contributed by atoms with Crippen molar-refractivity contribution < 1.29 is 4.39 Å². The molecule has 0 amide bonds. The molecule has 30 heavy (non-hydrogen) atoms. The smallest absolute Gasteiger partial charge is 0.123 e.